The van der Waals surface area contributed by atoms with E-state index >= 15 is 0 Å². The molecular weight excluding hydrogens is 330 g/mol. The molecule has 0 atom stereocenters. The van der Waals surface area contributed by atoms with E-state index in [2.05, 4.69) is 21.2 Å². The Morgan fingerprint density at radius 3 is 2.60 bits per heavy atom. The first-order chi connectivity index (χ1) is 9.38. The quantitative estimate of drug-likeness (QED) is 0.644. The number of hydrogen-bond acceptors (Lipinski definition) is 2. The van der Waals surface area contributed by atoms with Crippen LogP contribution in [0, 0.1) is 18.6 Å². The van der Waals surface area contributed by atoms with Gasteiger partial charge in [-0.15, -0.1) is 0 Å². The summed E-state index contributed by atoms with van der Waals surface area (Å²) < 4.78 is 26.8. The third-order valence-corrected chi connectivity index (χ3v) is 3.37. The van der Waals surface area contributed by atoms with Crippen LogP contribution in [0.2, 0.25) is 0 Å². The summed E-state index contributed by atoms with van der Waals surface area (Å²) in [7, 11) is 0. The molecule has 3 nitrogen and oxygen atoms in total. The number of carbonyl (C=O) groups is 1. The third-order valence-electron chi connectivity index (χ3n) is 2.76. The molecule has 20 heavy (non-hydrogen) atoms. The summed E-state index contributed by atoms with van der Waals surface area (Å²) in [4.78, 5) is 12.1. The number of amides is 1. The molecule has 2 rings (SSSR count). The molecule has 0 spiro atoms. The van der Waals surface area contributed by atoms with Crippen LogP contribution in [0.15, 0.2) is 34.8 Å². The highest BCUT2D eigenvalue weighted by atomic mass is 79.9. The minimum Gasteiger partial charge on any atom is -0.399 e. The number of rotatable bonds is 2. The standard InChI is InChI=1S/C14H11BrF2N2O/c1-7-2-3-8(18)4-9(7)14(20)19-13-5-10(15)11(16)6-12(13)17/h2-6H,18H2,1H3,(H,19,20). The fourth-order valence-corrected chi connectivity index (χ4v) is 2.04. The minimum absolute atomic E-state index is 0.0681. The SMILES string of the molecule is Cc1ccc(N)cc1C(=O)Nc1cc(Br)c(F)cc1F. The van der Waals surface area contributed by atoms with E-state index in [0.717, 1.165) is 0 Å². The fraction of sp³-hybridized carbons (Fsp3) is 0.0714. The van der Waals surface area contributed by atoms with E-state index in [4.69, 9.17) is 5.73 Å². The van der Waals surface area contributed by atoms with E-state index in [-0.39, 0.29) is 10.2 Å². The van der Waals surface area contributed by atoms with Crippen molar-refractivity contribution in [2.75, 3.05) is 11.1 Å². The normalized spacial score (nSPS) is 10.4. The maximum atomic E-state index is 13.6. The first-order valence-corrected chi connectivity index (χ1v) is 6.50. The van der Waals surface area contributed by atoms with Gasteiger partial charge in [-0.3, -0.25) is 4.79 Å². The lowest BCUT2D eigenvalue weighted by atomic mass is 10.1. The molecule has 0 unspecified atom stereocenters. The zero-order valence-electron chi connectivity index (χ0n) is 10.5. The van der Waals surface area contributed by atoms with Crippen LogP contribution in [0.25, 0.3) is 0 Å². The maximum Gasteiger partial charge on any atom is 0.256 e. The predicted octanol–water partition coefficient (Wildman–Crippen LogP) is 3.87. The smallest absolute Gasteiger partial charge is 0.256 e. The van der Waals surface area contributed by atoms with Gasteiger partial charge in [0.05, 0.1) is 10.2 Å². The van der Waals surface area contributed by atoms with Crippen LogP contribution in [0.5, 0.6) is 0 Å². The molecule has 0 fully saturated rings. The largest absolute Gasteiger partial charge is 0.399 e. The molecule has 0 heterocycles. The number of halogens is 3. The van der Waals surface area contributed by atoms with E-state index < -0.39 is 17.5 Å². The highest BCUT2D eigenvalue weighted by Gasteiger charge is 2.14. The van der Waals surface area contributed by atoms with Crippen molar-refractivity contribution in [1.82, 2.24) is 0 Å². The lowest BCUT2D eigenvalue weighted by Gasteiger charge is -2.10. The maximum absolute atomic E-state index is 13.6. The lowest BCUT2D eigenvalue weighted by Crippen LogP contribution is -2.15. The second kappa shape index (κ2) is 5.58. The summed E-state index contributed by atoms with van der Waals surface area (Å²) in [6.45, 7) is 1.74. The van der Waals surface area contributed by atoms with Crippen molar-refractivity contribution >= 4 is 33.2 Å². The highest BCUT2D eigenvalue weighted by Crippen LogP contribution is 2.24. The molecule has 1 amide bonds. The molecule has 0 saturated heterocycles. The fourth-order valence-electron chi connectivity index (χ4n) is 1.69. The van der Waals surface area contributed by atoms with Crippen molar-refractivity contribution < 1.29 is 13.6 Å². The van der Waals surface area contributed by atoms with E-state index in [0.29, 0.717) is 22.9 Å². The lowest BCUT2D eigenvalue weighted by molar-refractivity contribution is 0.102. The van der Waals surface area contributed by atoms with Crippen molar-refractivity contribution in [1.29, 1.82) is 0 Å². The number of hydrogen-bond donors (Lipinski definition) is 2. The Morgan fingerprint density at radius 2 is 1.90 bits per heavy atom. The van der Waals surface area contributed by atoms with Crippen LogP contribution in [0.4, 0.5) is 20.2 Å². The van der Waals surface area contributed by atoms with Gasteiger partial charge in [-0.25, -0.2) is 8.78 Å². The van der Waals surface area contributed by atoms with Crippen molar-refractivity contribution in [3.05, 3.63) is 57.6 Å². The van der Waals surface area contributed by atoms with Crippen LogP contribution in [0.1, 0.15) is 15.9 Å². The average Bonchev–Trinajstić information content (AvgIpc) is 2.38. The molecule has 104 valence electrons. The van der Waals surface area contributed by atoms with Gasteiger partial charge in [0, 0.05) is 17.3 Å². The summed E-state index contributed by atoms with van der Waals surface area (Å²) >= 11 is 2.94. The van der Waals surface area contributed by atoms with Gasteiger partial charge in [0.2, 0.25) is 0 Å². The molecule has 0 bridgehead atoms. The number of benzene rings is 2. The molecule has 0 radical (unpaired) electrons. The summed E-state index contributed by atoms with van der Waals surface area (Å²) in [6, 6.07) is 6.74. The van der Waals surface area contributed by atoms with E-state index in [9.17, 15) is 13.6 Å². The molecule has 2 aromatic rings. The number of aryl methyl sites for hydroxylation is 1. The Morgan fingerprint density at radius 1 is 1.20 bits per heavy atom. The number of nitrogens with two attached hydrogens (primary N) is 1. The van der Waals surface area contributed by atoms with Gasteiger partial charge < -0.3 is 11.1 Å². The number of anilines is 2. The van der Waals surface area contributed by atoms with Gasteiger partial charge in [-0.05, 0) is 46.6 Å². The van der Waals surface area contributed by atoms with E-state index in [1.807, 2.05) is 0 Å². The van der Waals surface area contributed by atoms with Gasteiger partial charge in [0.1, 0.15) is 11.6 Å². The molecule has 0 aromatic heterocycles. The Balaban J connectivity index is 2.32. The minimum atomic E-state index is -0.847. The van der Waals surface area contributed by atoms with Gasteiger partial charge >= 0.3 is 0 Å². The topological polar surface area (TPSA) is 55.1 Å². The number of nitrogen functional groups attached to an aromatic ring is 1. The monoisotopic (exact) mass is 340 g/mol. The van der Waals surface area contributed by atoms with Crippen LogP contribution in [-0.2, 0) is 0 Å². The van der Waals surface area contributed by atoms with Crippen molar-refractivity contribution in [2.24, 2.45) is 0 Å². The first kappa shape index (κ1) is 14.5. The van der Waals surface area contributed by atoms with Gasteiger partial charge in [0.25, 0.3) is 5.91 Å². The molecule has 0 aliphatic carbocycles. The van der Waals surface area contributed by atoms with Crippen molar-refractivity contribution in [3.8, 4) is 0 Å². The Kier molecular flexibility index (Phi) is 4.04. The number of carbonyl (C=O) groups excluding carboxylic acids is 1. The summed E-state index contributed by atoms with van der Waals surface area (Å²) in [5.41, 5.74) is 6.99. The zero-order chi connectivity index (χ0) is 14.9. The molecule has 6 heteroatoms. The summed E-state index contributed by atoms with van der Waals surface area (Å²) in [5.74, 6) is -2.09. The Bertz CT molecular complexity index is 689. The average molecular weight is 341 g/mol. The second-order valence-corrected chi connectivity index (χ2v) is 5.13. The van der Waals surface area contributed by atoms with Crippen LogP contribution in [0.3, 0.4) is 0 Å². The van der Waals surface area contributed by atoms with Gasteiger partial charge in [-0.2, -0.15) is 0 Å². The third kappa shape index (κ3) is 2.96. The van der Waals surface area contributed by atoms with E-state index in [1.54, 1.807) is 19.1 Å². The van der Waals surface area contributed by atoms with Crippen molar-refractivity contribution in [3.63, 3.8) is 0 Å². The zero-order valence-corrected chi connectivity index (χ0v) is 12.1. The van der Waals surface area contributed by atoms with Gasteiger partial charge in [0.15, 0.2) is 0 Å². The summed E-state index contributed by atoms with van der Waals surface area (Å²) in [6.07, 6.45) is 0. The van der Waals surface area contributed by atoms with Crippen molar-refractivity contribution in [2.45, 2.75) is 6.92 Å². The molecule has 3 N–H and O–H groups in total. The van der Waals surface area contributed by atoms with Crippen LogP contribution >= 0.6 is 15.9 Å². The first-order valence-electron chi connectivity index (χ1n) is 5.70. The molecule has 0 aliphatic heterocycles. The molecule has 0 saturated carbocycles. The van der Waals surface area contributed by atoms with Crippen LogP contribution in [-0.4, -0.2) is 5.91 Å². The van der Waals surface area contributed by atoms with E-state index in [1.165, 1.54) is 12.1 Å². The Hall–Kier alpha value is -1.95. The molecular formula is C14H11BrF2N2O. The van der Waals surface area contributed by atoms with Crippen LogP contribution < -0.4 is 11.1 Å². The van der Waals surface area contributed by atoms with Gasteiger partial charge in [-0.1, -0.05) is 6.07 Å². The highest BCUT2D eigenvalue weighted by molar-refractivity contribution is 9.10. The molecule has 0 aliphatic rings. The second-order valence-electron chi connectivity index (χ2n) is 4.27. The number of nitrogens with one attached hydrogen (secondary N) is 1. The summed E-state index contributed by atoms with van der Waals surface area (Å²) in [5, 5.41) is 2.40. The predicted molar refractivity (Wildman–Crippen MR) is 77.6 cm³/mol. The Labute approximate surface area is 122 Å². The molecule has 2 aromatic carbocycles.